The van der Waals surface area contributed by atoms with Crippen LogP contribution >= 0.6 is 0 Å². The summed E-state index contributed by atoms with van der Waals surface area (Å²) < 4.78 is 27.6. The van der Waals surface area contributed by atoms with Crippen LogP contribution in [0.15, 0.2) is 59.5 Å². The van der Waals surface area contributed by atoms with Gasteiger partial charge >= 0.3 is 0 Å². The van der Waals surface area contributed by atoms with Crippen LogP contribution in [0, 0.1) is 12.8 Å². The summed E-state index contributed by atoms with van der Waals surface area (Å²) in [5.41, 5.74) is 1.43. The van der Waals surface area contributed by atoms with Crippen molar-refractivity contribution < 1.29 is 18.0 Å². The fourth-order valence-electron chi connectivity index (χ4n) is 3.47. The van der Waals surface area contributed by atoms with Gasteiger partial charge in [0, 0.05) is 31.7 Å². The molecular formula is C23H29N3O4S. The molecule has 1 aliphatic rings. The van der Waals surface area contributed by atoms with E-state index in [1.165, 1.54) is 9.21 Å². The van der Waals surface area contributed by atoms with E-state index >= 15 is 0 Å². The van der Waals surface area contributed by atoms with Gasteiger partial charge in [0.05, 0.1) is 4.90 Å². The molecule has 7 nitrogen and oxygen atoms in total. The lowest BCUT2D eigenvalue weighted by Crippen LogP contribution is -2.61. The van der Waals surface area contributed by atoms with E-state index < -0.39 is 16.1 Å². The van der Waals surface area contributed by atoms with Crippen LogP contribution in [0.25, 0.3) is 0 Å². The number of benzene rings is 2. The highest BCUT2D eigenvalue weighted by Gasteiger charge is 2.40. The number of hydrogen-bond donors (Lipinski definition) is 1. The zero-order valence-electron chi connectivity index (χ0n) is 18.1. The van der Waals surface area contributed by atoms with Crippen LogP contribution in [0.4, 0.5) is 0 Å². The van der Waals surface area contributed by atoms with Gasteiger partial charge in [0.25, 0.3) is 5.91 Å². The van der Waals surface area contributed by atoms with Crippen LogP contribution in [0.2, 0.25) is 0 Å². The number of piperazine rings is 1. The average molecular weight is 444 g/mol. The molecule has 1 heterocycles. The number of aryl methyl sites for hydroxylation is 1. The summed E-state index contributed by atoms with van der Waals surface area (Å²) in [7, 11) is -3.77. The number of nitrogens with zero attached hydrogens (tertiary/aromatic N) is 2. The minimum Gasteiger partial charge on any atom is -0.354 e. The van der Waals surface area contributed by atoms with Crippen LogP contribution in [0.3, 0.4) is 0 Å². The second-order valence-corrected chi connectivity index (χ2v) is 10.1. The van der Waals surface area contributed by atoms with Gasteiger partial charge in [-0.2, -0.15) is 4.31 Å². The number of rotatable bonds is 6. The SMILES string of the molecule is Cc1ccc(S(=O)(=O)N2CCN(C(=O)c3ccccc3)C(C(=O)NCC(C)C)C2)cc1. The number of carbonyl (C=O) groups is 2. The van der Waals surface area contributed by atoms with E-state index in [-0.39, 0.29) is 42.3 Å². The van der Waals surface area contributed by atoms with Gasteiger partial charge in [-0.25, -0.2) is 8.42 Å². The molecule has 31 heavy (non-hydrogen) atoms. The zero-order valence-corrected chi connectivity index (χ0v) is 18.9. The maximum atomic E-state index is 13.2. The molecule has 0 radical (unpaired) electrons. The fourth-order valence-corrected chi connectivity index (χ4v) is 4.91. The third-order valence-corrected chi connectivity index (χ3v) is 7.15. The summed E-state index contributed by atoms with van der Waals surface area (Å²) in [5, 5.41) is 2.85. The van der Waals surface area contributed by atoms with Crippen molar-refractivity contribution in [3.63, 3.8) is 0 Å². The first-order valence-electron chi connectivity index (χ1n) is 10.4. The normalized spacial score (nSPS) is 17.5. The Morgan fingerprint density at radius 1 is 1.03 bits per heavy atom. The van der Waals surface area contributed by atoms with Gasteiger partial charge in [0.15, 0.2) is 0 Å². The minimum absolute atomic E-state index is 0.0846. The lowest BCUT2D eigenvalue weighted by atomic mass is 10.1. The number of carbonyl (C=O) groups excluding carboxylic acids is 2. The number of hydrogen-bond acceptors (Lipinski definition) is 4. The van der Waals surface area contributed by atoms with Crippen molar-refractivity contribution in [3.05, 3.63) is 65.7 Å². The van der Waals surface area contributed by atoms with E-state index in [2.05, 4.69) is 5.32 Å². The Bertz CT molecular complexity index is 1020. The maximum absolute atomic E-state index is 13.2. The molecule has 1 atom stereocenters. The van der Waals surface area contributed by atoms with Gasteiger partial charge in [-0.05, 0) is 37.1 Å². The maximum Gasteiger partial charge on any atom is 0.254 e. The minimum atomic E-state index is -3.77. The Morgan fingerprint density at radius 3 is 2.29 bits per heavy atom. The highest BCUT2D eigenvalue weighted by molar-refractivity contribution is 7.89. The molecule has 2 aromatic carbocycles. The van der Waals surface area contributed by atoms with Crippen LogP contribution < -0.4 is 5.32 Å². The molecule has 1 saturated heterocycles. The summed E-state index contributed by atoms with van der Waals surface area (Å²) in [6.45, 7) is 6.47. The Labute approximate surface area is 184 Å². The highest BCUT2D eigenvalue weighted by Crippen LogP contribution is 2.22. The fraction of sp³-hybridized carbons (Fsp3) is 0.391. The predicted octanol–water partition coefficient (Wildman–Crippen LogP) is 2.28. The molecule has 1 fully saturated rings. The van der Waals surface area contributed by atoms with Crippen molar-refractivity contribution in [2.45, 2.75) is 31.7 Å². The number of amides is 2. The Hall–Kier alpha value is -2.71. The molecule has 0 saturated carbocycles. The van der Waals surface area contributed by atoms with Crippen molar-refractivity contribution in [2.75, 3.05) is 26.2 Å². The third kappa shape index (κ3) is 5.32. The number of nitrogens with one attached hydrogen (secondary N) is 1. The van der Waals surface area contributed by atoms with E-state index in [9.17, 15) is 18.0 Å². The van der Waals surface area contributed by atoms with Crippen molar-refractivity contribution >= 4 is 21.8 Å². The van der Waals surface area contributed by atoms with E-state index in [0.717, 1.165) is 5.56 Å². The smallest absolute Gasteiger partial charge is 0.254 e. The molecule has 166 valence electrons. The summed E-state index contributed by atoms with van der Waals surface area (Å²) in [6, 6.07) is 14.5. The largest absolute Gasteiger partial charge is 0.354 e. The van der Waals surface area contributed by atoms with Gasteiger partial charge in [-0.3, -0.25) is 9.59 Å². The van der Waals surface area contributed by atoms with Crippen molar-refractivity contribution in [2.24, 2.45) is 5.92 Å². The van der Waals surface area contributed by atoms with Crippen molar-refractivity contribution in [1.82, 2.24) is 14.5 Å². The van der Waals surface area contributed by atoms with Crippen LogP contribution in [-0.4, -0.2) is 61.7 Å². The lowest BCUT2D eigenvalue weighted by molar-refractivity contribution is -0.127. The van der Waals surface area contributed by atoms with E-state index in [1.54, 1.807) is 48.5 Å². The molecule has 3 rings (SSSR count). The Kier molecular flexibility index (Phi) is 7.12. The third-order valence-electron chi connectivity index (χ3n) is 5.27. The van der Waals surface area contributed by atoms with Crippen molar-refractivity contribution in [3.8, 4) is 0 Å². The highest BCUT2D eigenvalue weighted by atomic mass is 32.2. The summed E-state index contributed by atoms with van der Waals surface area (Å²) in [6.07, 6.45) is 0. The molecule has 1 aliphatic heterocycles. The lowest BCUT2D eigenvalue weighted by Gasteiger charge is -2.40. The molecular weight excluding hydrogens is 414 g/mol. The first kappa shape index (κ1) is 23.0. The molecule has 0 aliphatic carbocycles. The molecule has 0 spiro atoms. The molecule has 1 N–H and O–H groups in total. The molecule has 0 bridgehead atoms. The standard InChI is InChI=1S/C23H29N3O4S/c1-17(2)15-24-22(27)21-16-25(31(29,30)20-11-9-18(3)10-12-20)13-14-26(21)23(28)19-7-5-4-6-8-19/h4-12,17,21H,13-16H2,1-3H3,(H,24,27). The molecule has 8 heteroatoms. The first-order chi connectivity index (χ1) is 14.7. The van der Waals surface area contributed by atoms with Crippen LogP contribution in [0.1, 0.15) is 29.8 Å². The molecule has 1 unspecified atom stereocenters. The van der Waals surface area contributed by atoms with Gasteiger partial charge in [-0.1, -0.05) is 49.7 Å². The Morgan fingerprint density at radius 2 is 1.68 bits per heavy atom. The summed E-state index contributed by atoms with van der Waals surface area (Å²) in [5.74, 6) is -0.391. The second-order valence-electron chi connectivity index (χ2n) is 8.20. The van der Waals surface area contributed by atoms with E-state index in [1.807, 2.05) is 26.8 Å². The summed E-state index contributed by atoms with van der Waals surface area (Å²) in [4.78, 5) is 27.7. The van der Waals surface area contributed by atoms with Gasteiger partial charge in [0.1, 0.15) is 6.04 Å². The van der Waals surface area contributed by atoms with Crippen LogP contribution in [0.5, 0.6) is 0 Å². The monoisotopic (exact) mass is 443 g/mol. The first-order valence-corrected chi connectivity index (χ1v) is 11.8. The second kappa shape index (κ2) is 9.62. The number of sulfonamides is 1. The molecule has 2 aromatic rings. The predicted molar refractivity (Wildman–Crippen MR) is 119 cm³/mol. The van der Waals surface area contributed by atoms with Gasteiger partial charge in [0.2, 0.25) is 15.9 Å². The average Bonchev–Trinajstić information content (AvgIpc) is 2.77. The topological polar surface area (TPSA) is 86.8 Å². The van der Waals surface area contributed by atoms with E-state index in [0.29, 0.717) is 12.1 Å². The molecule has 0 aromatic heterocycles. The Balaban J connectivity index is 1.87. The summed E-state index contributed by atoms with van der Waals surface area (Å²) >= 11 is 0. The molecule has 2 amide bonds. The zero-order chi connectivity index (χ0) is 22.6. The van der Waals surface area contributed by atoms with E-state index in [4.69, 9.17) is 0 Å². The quantitative estimate of drug-likeness (QED) is 0.742. The van der Waals surface area contributed by atoms with Crippen LogP contribution in [-0.2, 0) is 14.8 Å². The van der Waals surface area contributed by atoms with Crippen molar-refractivity contribution in [1.29, 1.82) is 0 Å². The van der Waals surface area contributed by atoms with Gasteiger partial charge in [-0.15, -0.1) is 0 Å². The van der Waals surface area contributed by atoms with Gasteiger partial charge < -0.3 is 10.2 Å².